The second-order valence-corrected chi connectivity index (χ2v) is 7.46. The highest BCUT2D eigenvalue weighted by atomic mass is 35.5. The standard InChI is InChI=1S/C19H15Cl3N4O2/c20-14-16(23)15(21)18(22)24-17(14)19(27)28-9-12-11-7-4-8-13(11)26(25-12)10-5-2-1-3-6-10/h1-3,5-6H,4,7-9H2,(H2,23,24). The summed E-state index contributed by atoms with van der Waals surface area (Å²) in [5.41, 5.74) is 9.52. The van der Waals surface area contributed by atoms with Crippen molar-refractivity contribution in [3.05, 3.63) is 68.2 Å². The first-order chi connectivity index (χ1) is 13.5. The second-order valence-electron chi connectivity index (χ2n) is 6.34. The number of nitrogens with two attached hydrogens (primary N) is 1. The average molecular weight is 438 g/mol. The molecule has 2 aromatic heterocycles. The number of nitrogen functional groups attached to an aromatic ring is 1. The number of carbonyl (C=O) groups is 1. The number of halogens is 3. The van der Waals surface area contributed by atoms with Crippen LogP contribution in [0.3, 0.4) is 0 Å². The highest BCUT2D eigenvalue weighted by Crippen LogP contribution is 2.35. The van der Waals surface area contributed by atoms with Gasteiger partial charge in [-0.05, 0) is 31.4 Å². The van der Waals surface area contributed by atoms with Crippen LogP contribution < -0.4 is 5.73 Å². The fraction of sp³-hybridized carbons (Fsp3) is 0.211. The summed E-state index contributed by atoms with van der Waals surface area (Å²) < 4.78 is 7.31. The minimum Gasteiger partial charge on any atom is -0.454 e. The molecule has 0 saturated heterocycles. The summed E-state index contributed by atoms with van der Waals surface area (Å²) in [5, 5.41) is 4.47. The van der Waals surface area contributed by atoms with Crippen molar-refractivity contribution in [1.29, 1.82) is 0 Å². The summed E-state index contributed by atoms with van der Waals surface area (Å²) in [6.45, 7) is -0.000834. The van der Waals surface area contributed by atoms with Gasteiger partial charge in [-0.1, -0.05) is 53.0 Å². The lowest BCUT2D eigenvalue weighted by molar-refractivity contribution is 0.0460. The van der Waals surface area contributed by atoms with E-state index in [0.717, 1.165) is 36.2 Å². The number of benzene rings is 1. The number of hydrogen-bond donors (Lipinski definition) is 1. The number of para-hydroxylation sites is 1. The molecule has 1 aliphatic rings. The maximum absolute atomic E-state index is 12.5. The summed E-state index contributed by atoms with van der Waals surface area (Å²) in [7, 11) is 0. The van der Waals surface area contributed by atoms with Gasteiger partial charge in [-0.25, -0.2) is 14.5 Å². The fourth-order valence-corrected chi connectivity index (χ4v) is 3.87. The van der Waals surface area contributed by atoms with E-state index in [4.69, 9.17) is 45.3 Å². The second kappa shape index (κ2) is 7.62. The Morgan fingerprint density at radius 1 is 1.14 bits per heavy atom. The molecule has 0 unspecified atom stereocenters. The van der Waals surface area contributed by atoms with Crippen LogP contribution in [0, 0.1) is 0 Å². The van der Waals surface area contributed by atoms with Crippen LogP contribution in [-0.2, 0) is 24.2 Å². The maximum atomic E-state index is 12.5. The fourth-order valence-electron chi connectivity index (χ4n) is 3.28. The highest BCUT2D eigenvalue weighted by Gasteiger charge is 2.25. The zero-order chi connectivity index (χ0) is 19.8. The summed E-state index contributed by atoms with van der Waals surface area (Å²) in [4.78, 5) is 16.4. The maximum Gasteiger partial charge on any atom is 0.359 e. The Kier molecular flexibility index (Phi) is 5.19. The molecule has 0 bridgehead atoms. The Morgan fingerprint density at radius 2 is 1.89 bits per heavy atom. The smallest absolute Gasteiger partial charge is 0.359 e. The van der Waals surface area contributed by atoms with Crippen LogP contribution in [0.1, 0.15) is 33.9 Å². The number of esters is 1. The largest absolute Gasteiger partial charge is 0.454 e. The van der Waals surface area contributed by atoms with Gasteiger partial charge in [-0.15, -0.1) is 0 Å². The summed E-state index contributed by atoms with van der Waals surface area (Å²) >= 11 is 17.9. The van der Waals surface area contributed by atoms with Crippen molar-refractivity contribution in [1.82, 2.24) is 14.8 Å². The average Bonchev–Trinajstić information content (AvgIpc) is 3.31. The molecular weight excluding hydrogens is 423 g/mol. The third-order valence-electron chi connectivity index (χ3n) is 4.62. The molecule has 0 atom stereocenters. The molecule has 0 radical (unpaired) electrons. The third kappa shape index (κ3) is 3.32. The van der Waals surface area contributed by atoms with Gasteiger partial charge in [0.05, 0.1) is 16.4 Å². The number of rotatable bonds is 4. The Labute approximate surface area is 176 Å². The number of fused-ring (bicyclic) bond motifs is 1. The van der Waals surface area contributed by atoms with Crippen LogP contribution in [-0.4, -0.2) is 20.7 Å². The lowest BCUT2D eigenvalue weighted by atomic mass is 10.2. The topological polar surface area (TPSA) is 83.0 Å². The molecule has 4 rings (SSSR count). The van der Waals surface area contributed by atoms with Crippen LogP contribution in [0.4, 0.5) is 5.69 Å². The van der Waals surface area contributed by atoms with Crippen LogP contribution >= 0.6 is 34.8 Å². The van der Waals surface area contributed by atoms with Gasteiger partial charge in [0.1, 0.15) is 17.3 Å². The minimum absolute atomic E-state index is 0.000834. The normalized spacial score (nSPS) is 12.8. The van der Waals surface area contributed by atoms with Crippen LogP contribution in [0.2, 0.25) is 15.2 Å². The third-order valence-corrected chi connectivity index (χ3v) is 5.75. The minimum atomic E-state index is -0.740. The molecule has 3 aromatic rings. The molecular formula is C19H15Cl3N4O2. The van der Waals surface area contributed by atoms with Gasteiger partial charge in [0.25, 0.3) is 0 Å². The van der Waals surface area contributed by atoms with Crippen molar-refractivity contribution >= 4 is 46.5 Å². The zero-order valence-corrected chi connectivity index (χ0v) is 16.9. The van der Waals surface area contributed by atoms with Crippen LogP contribution in [0.5, 0.6) is 0 Å². The predicted molar refractivity (Wildman–Crippen MR) is 108 cm³/mol. The van der Waals surface area contributed by atoms with E-state index in [0.29, 0.717) is 5.69 Å². The van der Waals surface area contributed by atoms with Crippen molar-refractivity contribution in [2.45, 2.75) is 25.9 Å². The van der Waals surface area contributed by atoms with Gasteiger partial charge in [-0.3, -0.25) is 0 Å². The van der Waals surface area contributed by atoms with Gasteiger partial charge in [0.2, 0.25) is 0 Å². The molecule has 0 aliphatic heterocycles. The molecule has 0 amide bonds. The van der Waals surface area contributed by atoms with E-state index >= 15 is 0 Å². The molecule has 2 N–H and O–H groups in total. The molecule has 6 nitrogen and oxygen atoms in total. The Balaban J connectivity index is 1.59. The van der Waals surface area contributed by atoms with E-state index in [1.807, 2.05) is 35.0 Å². The van der Waals surface area contributed by atoms with E-state index in [1.54, 1.807) is 0 Å². The Morgan fingerprint density at radius 3 is 2.64 bits per heavy atom. The lowest BCUT2D eigenvalue weighted by Crippen LogP contribution is -2.11. The van der Waals surface area contributed by atoms with Crippen molar-refractivity contribution < 1.29 is 9.53 Å². The molecule has 0 spiro atoms. The van der Waals surface area contributed by atoms with Crippen LogP contribution in [0.15, 0.2) is 30.3 Å². The quantitative estimate of drug-likeness (QED) is 0.474. The number of pyridine rings is 1. The van der Waals surface area contributed by atoms with Gasteiger partial charge in [0.15, 0.2) is 10.8 Å². The van der Waals surface area contributed by atoms with Crippen molar-refractivity contribution in [3.8, 4) is 5.69 Å². The van der Waals surface area contributed by atoms with E-state index in [1.165, 1.54) is 0 Å². The van der Waals surface area contributed by atoms with Crippen molar-refractivity contribution in [3.63, 3.8) is 0 Å². The number of hydrogen-bond acceptors (Lipinski definition) is 5. The molecule has 9 heteroatoms. The van der Waals surface area contributed by atoms with Crippen molar-refractivity contribution in [2.24, 2.45) is 0 Å². The van der Waals surface area contributed by atoms with Crippen LogP contribution in [0.25, 0.3) is 5.69 Å². The highest BCUT2D eigenvalue weighted by molar-refractivity contribution is 6.46. The van der Waals surface area contributed by atoms with Gasteiger partial charge < -0.3 is 10.5 Å². The first-order valence-electron chi connectivity index (χ1n) is 8.59. The number of nitrogens with zero attached hydrogens (tertiary/aromatic N) is 3. The van der Waals surface area contributed by atoms with E-state index in [-0.39, 0.29) is 33.2 Å². The molecule has 2 heterocycles. The first-order valence-corrected chi connectivity index (χ1v) is 9.73. The number of carbonyl (C=O) groups excluding carboxylic acids is 1. The van der Waals surface area contributed by atoms with E-state index < -0.39 is 5.97 Å². The SMILES string of the molecule is Nc1c(Cl)c(Cl)nc(C(=O)OCc2nn(-c3ccccc3)c3c2CCC3)c1Cl. The molecule has 144 valence electrons. The number of aromatic nitrogens is 3. The predicted octanol–water partition coefficient (Wildman–Crippen LogP) is 4.66. The molecule has 1 aliphatic carbocycles. The van der Waals surface area contributed by atoms with Gasteiger partial charge in [-0.2, -0.15) is 5.10 Å². The van der Waals surface area contributed by atoms with E-state index in [2.05, 4.69) is 10.1 Å². The summed E-state index contributed by atoms with van der Waals surface area (Å²) in [6, 6.07) is 9.85. The lowest BCUT2D eigenvalue weighted by Gasteiger charge is -2.09. The molecule has 1 aromatic carbocycles. The molecule has 0 fully saturated rings. The summed E-state index contributed by atoms with van der Waals surface area (Å²) in [6.07, 6.45) is 2.87. The van der Waals surface area contributed by atoms with Gasteiger partial charge in [0, 0.05) is 11.3 Å². The monoisotopic (exact) mass is 436 g/mol. The Bertz CT molecular complexity index is 1070. The zero-order valence-electron chi connectivity index (χ0n) is 14.6. The van der Waals surface area contributed by atoms with Gasteiger partial charge >= 0.3 is 5.97 Å². The van der Waals surface area contributed by atoms with Crippen molar-refractivity contribution in [2.75, 3.05) is 5.73 Å². The number of anilines is 1. The molecule has 0 saturated carbocycles. The Hall–Kier alpha value is -2.28. The molecule has 28 heavy (non-hydrogen) atoms. The summed E-state index contributed by atoms with van der Waals surface area (Å²) in [5.74, 6) is -0.740. The first kappa shape index (κ1) is 19.1. The number of ether oxygens (including phenoxy) is 1. The van der Waals surface area contributed by atoms with E-state index in [9.17, 15) is 4.79 Å².